The van der Waals surface area contributed by atoms with E-state index in [9.17, 15) is 4.79 Å². The van der Waals surface area contributed by atoms with Crippen LogP contribution in [-0.4, -0.2) is 24.0 Å². The Balaban J connectivity index is 2.28. The minimum absolute atomic E-state index is 0.0117. The molecule has 0 bridgehead atoms. The van der Waals surface area contributed by atoms with Crippen LogP contribution in [0.3, 0.4) is 0 Å². The van der Waals surface area contributed by atoms with Gasteiger partial charge in [-0.25, -0.2) is 4.98 Å². The van der Waals surface area contributed by atoms with Crippen molar-refractivity contribution in [2.75, 3.05) is 13.2 Å². The Morgan fingerprint density at radius 2 is 2.14 bits per heavy atom. The van der Waals surface area contributed by atoms with Gasteiger partial charge in [0.15, 0.2) is 17.1 Å². The third kappa shape index (κ3) is 1.70. The number of hydrogen-bond donors (Lipinski definition) is 0. The van der Waals surface area contributed by atoms with Crippen LogP contribution in [0.1, 0.15) is 33.6 Å². The average Bonchev–Trinajstić information content (AvgIpc) is 2.71. The van der Waals surface area contributed by atoms with Gasteiger partial charge in [-0.1, -0.05) is 0 Å². The number of carbonyl (C=O) groups excluding carboxylic acids is 1. The Kier molecular flexibility index (Phi) is 2.62. The monoisotopic (exact) mass is 213 g/mol. The molecule has 1 aliphatic heterocycles. The lowest BCUT2D eigenvalue weighted by Gasteiger charge is -2.05. The molecule has 0 aliphatic carbocycles. The molecule has 0 amide bonds. The molecule has 0 saturated carbocycles. The summed E-state index contributed by atoms with van der Waals surface area (Å²) >= 11 is 1.35. The summed E-state index contributed by atoms with van der Waals surface area (Å²) < 4.78 is 10.7. The number of aromatic nitrogens is 1. The fourth-order valence-electron chi connectivity index (χ4n) is 1.29. The number of carbonyl (C=O) groups is 1. The van der Waals surface area contributed by atoms with Crippen molar-refractivity contribution >= 4 is 17.1 Å². The molecule has 2 rings (SSSR count). The largest absolute Gasteiger partial charge is 0.345 e. The summed E-state index contributed by atoms with van der Waals surface area (Å²) in [5.41, 5.74) is 0.826. The lowest BCUT2D eigenvalue weighted by Crippen LogP contribution is -1.96. The molecule has 0 atom stereocenters. The van der Waals surface area contributed by atoms with Crippen LogP contribution in [0.25, 0.3) is 0 Å². The van der Waals surface area contributed by atoms with Crippen LogP contribution >= 0.6 is 11.3 Å². The third-order valence-corrected chi connectivity index (χ3v) is 3.25. The van der Waals surface area contributed by atoms with E-state index < -0.39 is 0 Å². The van der Waals surface area contributed by atoms with E-state index in [2.05, 4.69) is 4.98 Å². The van der Waals surface area contributed by atoms with Gasteiger partial charge in [0.2, 0.25) is 0 Å². The number of ketones is 1. The summed E-state index contributed by atoms with van der Waals surface area (Å²) in [6.45, 7) is 4.59. The highest BCUT2D eigenvalue weighted by Crippen LogP contribution is 2.31. The molecule has 4 nitrogen and oxygen atoms in total. The van der Waals surface area contributed by atoms with Gasteiger partial charge in [-0.15, -0.1) is 11.3 Å². The fourth-order valence-corrected chi connectivity index (χ4v) is 2.25. The van der Waals surface area contributed by atoms with Crippen molar-refractivity contribution in [3.05, 3.63) is 15.6 Å². The summed E-state index contributed by atoms with van der Waals surface area (Å²) in [5, 5.41) is 0.525. The molecule has 1 saturated heterocycles. The number of thiazole rings is 1. The normalized spacial score (nSPS) is 17.6. The highest BCUT2D eigenvalue weighted by Gasteiger charge is 2.24. The van der Waals surface area contributed by atoms with Gasteiger partial charge in [0, 0.05) is 6.92 Å². The lowest BCUT2D eigenvalue weighted by atomic mass is 10.4. The highest BCUT2D eigenvalue weighted by atomic mass is 32.1. The van der Waals surface area contributed by atoms with Gasteiger partial charge in [-0.2, -0.15) is 0 Å². The number of hydrogen-bond acceptors (Lipinski definition) is 5. The lowest BCUT2D eigenvalue weighted by molar-refractivity contribution is -0.0418. The van der Waals surface area contributed by atoms with Crippen LogP contribution in [0.4, 0.5) is 0 Å². The zero-order valence-corrected chi connectivity index (χ0v) is 8.89. The second-order valence-electron chi connectivity index (χ2n) is 3.10. The van der Waals surface area contributed by atoms with Crippen LogP contribution in [0.5, 0.6) is 0 Å². The Bertz CT molecular complexity index is 355. The zero-order valence-electron chi connectivity index (χ0n) is 8.07. The Labute approximate surface area is 85.9 Å². The second kappa shape index (κ2) is 3.76. The van der Waals surface area contributed by atoms with Gasteiger partial charge in [-0.3, -0.25) is 4.79 Å². The summed E-state index contributed by atoms with van der Waals surface area (Å²) in [7, 11) is 0. The minimum Gasteiger partial charge on any atom is -0.345 e. The van der Waals surface area contributed by atoms with Gasteiger partial charge in [0.1, 0.15) is 0 Å². The number of rotatable bonds is 2. The Hall–Kier alpha value is -0.780. The van der Waals surface area contributed by atoms with E-state index in [1.54, 1.807) is 0 Å². The molecule has 1 aromatic heterocycles. The van der Waals surface area contributed by atoms with Crippen molar-refractivity contribution in [1.82, 2.24) is 4.98 Å². The number of ether oxygens (including phenoxy) is 2. The Morgan fingerprint density at radius 3 is 2.64 bits per heavy atom. The van der Waals surface area contributed by atoms with Crippen LogP contribution in [-0.2, 0) is 9.47 Å². The molecule has 1 aliphatic rings. The standard InChI is InChI=1S/C9H11NO3S/c1-5-7(9-12-3-4-13-9)14-8(10-5)6(2)11/h9H,3-4H2,1-2H3. The molecule has 0 unspecified atom stereocenters. The van der Waals surface area contributed by atoms with E-state index in [0.717, 1.165) is 10.6 Å². The van der Waals surface area contributed by atoms with Crippen LogP contribution in [0.2, 0.25) is 0 Å². The van der Waals surface area contributed by atoms with Crippen molar-refractivity contribution in [2.24, 2.45) is 0 Å². The van der Waals surface area contributed by atoms with E-state index >= 15 is 0 Å². The second-order valence-corrected chi connectivity index (χ2v) is 4.13. The number of aryl methyl sites for hydroxylation is 1. The van der Waals surface area contributed by atoms with E-state index in [-0.39, 0.29) is 12.1 Å². The molecule has 14 heavy (non-hydrogen) atoms. The predicted molar refractivity (Wildman–Crippen MR) is 51.5 cm³/mol. The molecular weight excluding hydrogens is 202 g/mol. The maximum Gasteiger partial charge on any atom is 0.195 e. The van der Waals surface area contributed by atoms with Crippen molar-refractivity contribution < 1.29 is 14.3 Å². The Morgan fingerprint density at radius 1 is 1.50 bits per heavy atom. The number of Topliss-reactive ketones (excluding diaryl/α,β-unsaturated/α-hetero) is 1. The van der Waals surface area contributed by atoms with E-state index in [4.69, 9.17) is 9.47 Å². The summed E-state index contributed by atoms with van der Waals surface area (Å²) in [6, 6.07) is 0. The number of nitrogens with zero attached hydrogens (tertiary/aromatic N) is 1. The molecule has 1 fully saturated rings. The molecular formula is C9H11NO3S. The predicted octanol–water partition coefficient (Wildman–Crippen LogP) is 1.70. The molecule has 1 aromatic rings. The highest BCUT2D eigenvalue weighted by molar-refractivity contribution is 7.13. The van der Waals surface area contributed by atoms with Gasteiger partial charge in [0.25, 0.3) is 0 Å². The molecule has 0 N–H and O–H groups in total. The van der Waals surface area contributed by atoms with Gasteiger partial charge < -0.3 is 9.47 Å². The van der Waals surface area contributed by atoms with Crippen molar-refractivity contribution in [3.8, 4) is 0 Å². The minimum atomic E-state index is -0.319. The fraction of sp³-hybridized carbons (Fsp3) is 0.556. The van der Waals surface area contributed by atoms with Gasteiger partial charge in [0.05, 0.1) is 23.8 Å². The summed E-state index contributed by atoms with van der Waals surface area (Å²) in [4.78, 5) is 16.2. The van der Waals surface area contributed by atoms with E-state index in [0.29, 0.717) is 18.2 Å². The molecule has 2 heterocycles. The molecule has 0 spiro atoms. The maximum atomic E-state index is 11.1. The van der Waals surface area contributed by atoms with Crippen LogP contribution in [0, 0.1) is 6.92 Å². The van der Waals surface area contributed by atoms with Crippen molar-refractivity contribution in [2.45, 2.75) is 20.1 Å². The van der Waals surface area contributed by atoms with E-state index in [1.165, 1.54) is 18.3 Å². The first-order valence-electron chi connectivity index (χ1n) is 4.40. The molecule has 76 valence electrons. The summed E-state index contributed by atoms with van der Waals surface area (Å²) in [6.07, 6.45) is -0.319. The van der Waals surface area contributed by atoms with E-state index in [1.807, 2.05) is 6.92 Å². The van der Waals surface area contributed by atoms with Crippen molar-refractivity contribution in [3.63, 3.8) is 0 Å². The third-order valence-electron chi connectivity index (χ3n) is 1.97. The molecule has 5 heteroatoms. The van der Waals surface area contributed by atoms with Gasteiger partial charge >= 0.3 is 0 Å². The average molecular weight is 213 g/mol. The first kappa shape index (κ1) is 9.76. The van der Waals surface area contributed by atoms with Crippen molar-refractivity contribution in [1.29, 1.82) is 0 Å². The first-order valence-corrected chi connectivity index (χ1v) is 5.21. The maximum absolute atomic E-state index is 11.1. The van der Waals surface area contributed by atoms with Crippen LogP contribution < -0.4 is 0 Å². The molecule has 0 aromatic carbocycles. The van der Waals surface area contributed by atoms with Crippen LogP contribution in [0.15, 0.2) is 0 Å². The van der Waals surface area contributed by atoms with Gasteiger partial charge in [-0.05, 0) is 6.92 Å². The zero-order chi connectivity index (χ0) is 10.1. The summed E-state index contributed by atoms with van der Waals surface area (Å²) in [5.74, 6) is -0.0117. The SMILES string of the molecule is CC(=O)c1nc(C)c(C2OCCO2)s1. The smallest absolute Gasteiger partial charge is 0.195 e. The topological polar surface area (TPSA) is 48.4 Å². The quantitative estimate of drug-likeness (QED) is 0.701. The first-order chi connectivity index (χ1) is 6.68. The molecule has 0 radical (unpaired) electrons.